The molecule has 0 amide bonds. The Morgan fingerprint density at radius 1 is 1.31 bits per heavy atom. The molecule has 1 aromatic carbocycles. The molecule has 2 heterocycles. The number of aliphatic hydroxyl groups is 3. The quantitative estimate of drug-likeness (QED) is 0.600. The van der Waals surface area contributed by atoms with E-state index >= 15 is 0 Å². The second-order valence-electron chi connectivity index (χ2n) is 7.06. The smallest absolute Gasteiger partial charge is 0.137 e. The fraction of sp³-hybridized carbons (Fsp3) is 0.550. The van der Waals surface area contributed by atoms with Crippen LogP contribution >= 0.6 is 0 Å². The Morgan fingerprint density at radius 2 is 2.15 bits per heavy atom. The van der Waals surface area contributed by atoms with E-state index in [9.17, 15) is 15.3 Å². The van der Waals surface area contributed by atoms with Crippen LogP contribution in [0.5, 0.6) is 5.75 Å². The minimum Gasteiger partial charge on any atom is -0.495 e. The molecule has 0 aliphatic carbocycles. The molecule has 4 atom stereocenters. The zero-order valence-electron chi connectivity index (χ0n) is 15.1. The number of hydrogen-bond acceptors (Lipinski definition) is 6. The number of fused-ring (bicyclic) bond motifs is 1. The first-order valence-corrected chi connectivity index (χ1v) is 9.24. The van der Waals surface area contributed by atoms with E-state index in [1.165, 1.54) is 0 Å². The summed E-state index contributed by atoms with van der Waals surface area (Å²) in [6.07, 6.45) is 1.97. The lowest BCUT2D eigenvalue weighted by molar-refractivity contribution is -0.00615. The van der Waals surface area contributed by atoms with Crippen LogP contribution in [0.4, 0.5) is 0 Å². The van der Waals surface area contributed by atoms with Crippen molar-refractivity contribution < 1.29 is 20.1 Å². The molecule has 1 aliphatic heterocycles. The van der Waals surface area contributed by atoms with E-state index in [2.05, 4.69) is 10.3 Å². The topological polar surface area (TPSA) is 94.8 Å². The minimum atomic E-state index is -0.989. The van der Waals surface area contributed by atoms with E-state index in [0.29, 0.717) is 23.7 Å². The minimum absolute atomic E-state index is 0.149. The molecule has 142 valence electrons. The Kier molecular flexibility index (Phi) is 6.43. The molecule has 1 fully saturated rings. The number of rotatable bonds is 7. The fourth-order valence-electron chi connectivity index (χ4n) is 3.96. The summed E-state index contributed by atoms with van der Waals surface area (Å²) < 4.78 is 5.24. The van der Waals surface area contributed by atoms with Gasteiger partial charge in [0.15, 0.2) is 0 Å². The monoisotopic (exact) mass is 360 g/mol. The van der Waals surface area contributed by atoms with Crippen molar-refractivity contribution in [3.8, 4) is 5.75 Å². The van der Waals surface area contributed by atoms with Gasteiger partial charge in [-0.1, -0.05) is 12.1 Å². The molecular weight excluding hydrogens is 332 g/mol. The van der Waals surface area contributed by atoms with E-state index in [4.69, 9.17) is 4.74 Å². The average molecular weight is 360 g/mol. The lowest BCUT2D eigenvalue weighted by atomic mass is 9.79. The van der Waals surface area contributed by atoms with Gasteiger partial charge in [0.05, 0.1) is 24.9 Å². The van der Waals surface area contributed by atoms with Crippen molar-refractivity contribution in [2.75, 3.05) is 26.8 Å². The maximum absolute atomic E-state index is 10.8. The van der Waals surface area contributed by atoms with E-state index in [1.54, 1.807) is 13.3 Å². The van der Waals surface area contributed by atoms with Gasteiger partial charge in [-0.15, -0.1) is 0 Å². The molecule has 0 spiro atoms. The van der Waals surface area contributed by atoms with Crippen LogP contribution in [0.3, 0.4) is 0 Å². The molecule has 1 aliphatic rings. The van der Waals surface area contributed by atoms with Gasteiger partial charge >= 0.3 is 0 Å². The largest absolute Gasteiger partial charge is 0.495 e. The Balaban J connectivity index is 1.79. The molecule has 6 nitrogen and oxygen atoms in total. The molecule has 2 aromatic rings. The number of methoxy groups -OCH3 is 1. The average Bonchev–Trinajstić information content (AvgIpc) is 2.68. The highest BCUT2D eigenvalue weighted by Crippen LogP contribution is 2.33. The van der Waals surface area contributed by atoms with E-state index in [-0.39, 0.29) is 12.5 Å². The molecule has 6 heteroatoms. The zero-order valence-corrected chi connectivity index (χ0v) is 15.1. The number of piperidine rings is 1. The SMILES string of the molecule is COc1cnc2cccc([C@@H](O)[C@H](O)C[C@@H]3CCNC[C@H]3CCO)c2c1. The van der Waals surface area contributed by atoms with Gasteiger partial charge < -0.3 is 25.4 Å². The van der Waals surface area contributed by atoms with Crippen LogP contribution in [0.2, 0.25) is 0 Å². The van der Waals surface area contributed by atoms with Crippen molar-refractivity contribution in [1.29, 1.82) is 0 Å². The number of hydrogen-bond donors (Lipinski definition) is 4. The summed E-state index contributed by atoms with van der Waals surface area (Å²) in [5.74, 6) is 1.23. The summed E-state index contributed by atoms with van der Waals surface area (Å²) >= 11 is 0. The number of pyridine rings is 1. The van der Waals surface area contributed by atoms with Crippen LogP contribution in [0.1, 0.15) is 30.9 Å². The highest BCUT2D eigenvalue weighted by molar-refractivity contribution is 5.83. The molecular formula is C20H28N2O4. The maximum atomic E-state index is 10.8. The highest BCUT2D eigenvalue weighted by Gasteiger charge is 2.30. The molecule has 0 radical (unpaired) electrons. The third-order valence-electron chi connectivity index (χ3n) is 5.46. The van der Waals surface area contributed by atoms with Crippen LogP contribution in [0, 0.1) is 11.8 Å². The molecule has 0 saturated carbocycles. The summed E-state index contributed by atoms with van der Waals surface area (Å²) in [5, 5.41) is 34.9. The van der Waals surface area contributed by atoms with Crippen molar-refractivity contribution in [3.05, 3.63) is 36.0 Å². The van der Waals surface area contributed by atoms with Crippen LogP contribution in [0.25, 0.3) is 10.9 Å². The Hall–Kier alpha value is -1.73. The second-order valence-corrected chi connectivity index (χ2v) is 7.06. The molecule has 3 rings (SSSR count). The van der Waals surface area contributed by atoms with Gasteiger partial charge in [0.1, 0.15) is 11.9 Å². The Labute approximate surface area is 153 Å². The number of nitrogens with one attached hydrogen (secondary N) is 1. The molecule has 1 saturated heterocycles. The summed E-state index contributed by atoms with van der Waals surface area (Å²) in [6.45, 7) is 1.91. The molecule has 1 aromatic heterocycles. The van der Waals surface area contributed by atoms with Crippen LogP contribution in [-0.2, 0) is 0 Å². The number of benzene rings is 1. The van der Waals surface area contributed by atoms with Gasteiger partial charge in [-0.3, -0.25) is 4.98 Å². The van der Waals surface area contributed by atoms with Crippen molar-refractivity contribution in [1.82, 2.24) is 10.3 Å². The second kappa shape index (κ2) is 8.77. The van der Waals surface area contributed by atoms with E-state index < -0.39 is 12.2 Å². The van der Waals surface area contributed by atoms with Crippen LogP contribution in [-0.4, -0.2) is 53.2 Å². The number of ether oxygens (including phenoxy) is 1. The third-order valence-corrected chi connectivity index (χ3v) is 5.46. The predicted octanol–water partition coefficient (Wildman–Crippen LogP) is 1.64. The molecule has 4 N–H and O–H groups in total. The Bertz CT molecular complexity index is 722. The zero-order chi connectivity index (χ0) is 18.5. The first-order chi connectivity index (χ1) is 12.6. The first kappa shape index (κ1) is 19.0. The van der Waals surface area contributed by atoms with E-state index in [1.807, 2.05) is 24.3 Å². The fourth-order valence-corrected chi connectivity index (χ4v) is 3.96. The normalized spacial score (nSPS) is 22.9. The number of nitrogens with zero attached hydrogens (tertiary/aromatic N) is 1. The van der Waals surface area contributed by atoms with Crippen LogP contribution < -0.4 is 10.1 Å². The number of aliphatic hydroxyl groups excluding tert-OH is 3. The summed E-state index contributed by atoms with van der Waals surface area (Å²) in [4.78, 5) is 4.35. The molecule has 0 bridgehead atoms. The van der Waals surface area contributed by atoms with Gasteiger partial charge in [-0.25, -0.2) is 0 Å². The summed E-state index contributed by atoms with van der Waals surface area (Å²) in [6, 6.07) is 7.38. The van der Waals surface area contributed by atoms with Crippen molar-refractivity contribution in [2.24, 2.45) is 11.8 Å². The summed E-state index contributed by atoms with van der Waals surface area (Å²) in [7, 11) is 1.58. The van der Waals surface area contributed by atoms with Gasteiger partial charge in [0.2, 0.25) is 0 Å². The predicted molar refractivity (Wildman–Crippen MR) is 100 cm³/mol. The Morgan fingerprint density at radius 3 is 2.92 bits per heavy atom. The molecule has 0 unspecified atom stereocenters. The van der Waals surface area contributed by atoms with Crippen molar-refractivity contribution in [2.45, 2.75) is 31.5 Å². The first-order valence-electron chi connectivity index (χ1n) is 9.24. The van der Waals surface area contributed by atoms with E-state index in [0.717, 1.165) is 36.8 Å². The highest BCUT2D eigenvalue weighted by atomic mass is 16.5. The van der Waals surface area contributed by atoms with Crippen molar-refractivity contribution >= 4 is 10.9 Å². The lowest BCUT2D eigenvalue weighted by Crippen LogP contribution is -2.39. The van der Waals surface area contributed by atoms with Crippen LogP contribution in [0.15, 0.2) is 30.5 Å². The maximum Gasteiger partial charge on any atom is 0.137 e. The standard InChI is InChI=1S/C20H28N2O4/c1-26-15-10-17-16(3-2-4-18(17)22-12-15)20(25)19(24)9-13-5-7-21-11-14(13)6-8-23/h2-4,10,12-14,19-21,23-25H,5-9,11H2,1H3/t13-,14+,19+,20+/m0/s1. The third kappa shape index (κ3) is 4.15. The molecule has 26 heavy (non-hydrogen) atoms. The summed E-state index contributed by atoms with van der Waals surface area (Å²) in [5.41, 5.74) is 1.42. The van der Waals surface area contributed by atoms with Crippen molar-refractivity contribution in [3.63, 3.8) is 0 Å². The van der Waals surface area contributed by atoms with Gasteiger partial charge in [0, 0.05) is 12.0 Å². The van der Waals surface area contributed by atoms with Gasteiger partial charge in [-0.2, -0.15) is 0 Å². The van der Waals surface area contributed by atoms with Gasteiger partial charge in [0.25, 0.3) is 0 Å². The number of aromatic nitrogens is 1. The van der Waals surface area contributed by atoms with Gasteiger partial charge in [-0.05, 0) is 61.9 Å². The lowest BCUT2D eigenvalue weighted by Gasteiger charge is -2.34.